The Morgan fingerprint density at radius 1 is 0.836 bits per heavy atom. The van der Waals surface area contributed by atoms with Gasteiger partial charge in [-0.1, -0.05) is 39.3 Å². The standard InChI is InChI=1S/C46H76O15/c1-21-11-16-46(54-20-21)22(2)34-32(61-46)18-31-29-10-9-27-17-28(12-14-44(27,7)30(29)13-15-45(31,34)8)58-43-41(60-42-38(52)37(51)36(50)25(5)56-42)39(53)40(33(19-47)59-43)57-26(6)55-24(4)35(49)23(3)48/h9,21-26,28-43,47-53H,10-20H2,1-8H3/t21?,22-,23?,24?,25?,26?,28-,29?,30?,31?,32?,33?,34?,35+,36-,37?,38?,39?,40+,41?,42-,43+,44-,45-,46?/m0/s1. The first-order valence-corrected chi connectivity index (χ1v) is 23.4. The van der Waals surface area contributed by atoms with Crippen LogP contribution in [0, 0.1) is 46.3 Å². The molecule has 61 heavy (non-hydrogen) atoms. The molecule has 4 aliphatic carbocycles. The van der Waals surface area contributed by atoms with Crippen molar-refractivity contribution in [3.05, 3.63) is 11.6 Å². The number of rotatable bonds is 11. The normalized spacial score (nSPS) is 52.9. The van der Waals surface area contributed by atoms with E-state index >= 15 is 0 Å². The van der Waals surface area contributed by atoms with E-state index in [1.54, 1.807) is 13.8 Å². The van der Waals surface area contributed by atoms with Crippen LogP contribution in [0.2, 0.25) is 0 Å². The Kier molecular flexibility index (Phi) is 13.6. The van der Waals surface area contributed by atoms with Crippen LogP contribution in [-0.2, 0) is 37.9 Å². The summed E-state index contributed by atoms with van der Waals surface area (Å²) in [6.45, 7) is 16.0. The van der Waals surface area contributed by atoms with E-state index in [0.29, 0.717) is 41.9 Å². The van der Waals surface area contributed by atoms with Crippen molar-refractivity contribution in [2.24, 2.45) is 46.3 Å². The summed E-state index contributed by atoms with van der Waals surface area (Å²) in [5.74, 6) is 2.74. The molecule has 0 aromatic heterocycles. The van der Waals surface area contributed by atoms with Gasteiger partial charge in [-0.05, 0) is 119 Å². The Hall–Kier alpha value is -0.860. The second-order valence-corrected chi connectivity index (χ2v) is 21.0. The molecule has 7 N–H and O–H groups in total. The van der Waals surface area contributed by atoms with Crippen molar-refractivity contribution in [2.75, 3.05) is 13.2 Å². The van der Waals surface area contributed by atoms with E-state index < -0.39 is 98.4 Å². The maximum absolute atomic E-state index is 12.0. The minimum atomic E-state index is -1.66. The number of aliphatic hydroxyl groups is 7. The van der Waals surface area contributed by atoms with Gasteiger partial charge in [-0.25, -0.2) is 0 Å². The zero-order valence-corrected chi connectivity index (χ0v) is 37.5. The highest BCUT2D eigenvalue weighted by Gasteiger charge is 2.69. The van der Waals surface area contributed by atoms with Crippen LogP contribution in [0.25, 0.3) is 0 Å². The molecule has 3 saturated carbocycles. The quantitative estimate of drug-likeness (QED) is 0.118. The Balaban J connectivity index is 0.973. The van der Waals surface area contributed by atoms with Gasteiger partial charge in [0.15, 0.2) is 24.7 Å². The van der Waals surface area contributed by atoms with Crippen molar-refractivity contribution in [2.45, 2.75) is 217 Å². The van der Waals surface area contributed by atoms with Crippen molar-refractivity contribution in [1.82, 2.24) is 0 Å². The lowest BCUT2D eigenvalue weighted by Gasteiger charge is -2.58. The van der Waals surface area contributed by atoms with Gasteiger partial charge >= 0.3 is 0 Å². The number of aliphatic hydroxyl groups excluding tert-OH is 7. The molecule has 0 amide bonds. The second kappa shape index (κ2) is 17.7. The summed E-state index contributed by atoms with van der Waals surface area (Å²) in [5.41, 5.74) is 1.60. The van der Waals surface area contributed by atoms with Crippen molar-refractivity contribution < 1.29 is 73.6 Å². The minimum absolute atomic E-state index is 0.00929. The van der Waals surface area contributed by atoms with Crippen LogP contribution in [0.3, 0.4) is 0 Å². The van der Waals surface area contributed by atoms with Gasteiger partial charge in [0.2, 0.25) is 0 Å². The monoisotopic (exact) mass is 869 g/mol. The Morgan fingerprint density at radius 3 is 2.28 bits per heavy atom. The van der Waals surface area contributed by atoms with E-state index in [1.165, 1.54) is 32.3 Å². The van der Waals surface area contributed by atoms with Gasteiger partial charge in [0.05, 0.1) is 43.7 Å². The Labute approximate surface area is 361 Å². The SMILES string of the molecule is CC1CCC2(OC1)OC1CC3C4CC=C5C[C@@H](O[C@@H]6OC(CO)[C@@H](OC(C)OC(C)[C@H](O)C(C)O)C(O)C6O[C@@H]6OC(C)[C@H](O)C(O)C6O)CC[C@]5(C)C4CC[C@]3(C)C1[C@@H]2C. The average Bonchev–Trinajstić information content (AvgIpc) is 3.67. The van der Waals surface area contributed by atoms with Gasteiger partial charge in [-0.2, -0.15) is 0 Å². The summed E-state index contributed by atoms with van der Waals surface area (Å²) < 4.78 is 50.5. The molecular weight excluding hydrogens is 792 g/mol. The van der Waals surface area contributed by atoms with Crippen LogP contribution in [0.4, 0.5) is 0 Å². The topological polar surface area (TPSA) is 215 Å². The van der Waals surface area contributed by atoms with Crippen LogP contribution < -0.4 is 0 Å². The van der Waals surface area contributed by atoms with Crippen LogP contribution in [0.5, 0.6) is 0 Å². The highest BCUT2D eigenvalue weighted by molar-refractivity contribution is 5.26. The lowest BCUT2D eigenvalue weighted by Crippen LogP contribution is -2.65. The number of ether oxygens (including phenoxy) is 8. The largest absolute Gasteiger partial charge is 0.394 e. The molecule has 4 aliphatic heterocycles. The predicted molar refractivity (Wildman–Crippen MR) is 218 cm³/mol. The van der Waals surface area contributed by atoms with E-state index in [-0.39, 0.29) is 23.0 Å². The fraction of sp³-hybridized carbons (Fsp3) is 0.957. The maximum Gasteiger partial charge on any atom is 0.187 e. The van der Waals surface area contributed by atoms with E-state index in [0.717, 1.165) is 45.1 Å². The van der Waals surface area contributed by atoms with Crippen molar-refractivity contribution >= 4 is 0 Å². The Morgan fingerprint density at radius 2 is 1.59 bits per heavy atom. The predicted octanol–water partition coefficient (Wildman–Crippen LogP) is 2.91. The summed E-state index contributed by atoms with van der Waals surface area (Å²) >= 11 is 0. The van der Waals surface area contributed by atoms with E-state index in [1.807, 2.05) is 0 Å². The zero-order valence-electron chi connectivity index (χ0n) is 37.5. The van der Waals surface area contributed by atoms with Crippen molar-refractivity contribution in [3.63, 3.8) is 0 Å². The van der Waals surface area contributed by atoms with E-state index in [9.17, 15) is 35.7 Å². The summed E-state index contributed by atoms with van der Waals surface area (Å²) in [4.78, 5) is 0. The third-order valence-corrected chi connectivity index (χ3v) is 17.3. The molecule has 4 saturated heterocycles. The first-order chi connectivity index (χ1) is 28.8. The van der Waals surface area contributed by atoms with Gasteiger partial charge < -0.3 is 73.6 Å². The first kappa shape index (κ1) is 46.7. The maximum atomic E-state index is 12.0. The number of allylic oxidation sites excluding steroid dienone is 1. The summed E-state index contributed by atoms with van der Waals surface area (Å²) in [7, 11) is 0. The third-order valence-electron chi connectivity index (χ3n) is 17.3. The van der Waals surface area contributed by atoms with Crippen LogP contribution >= 0.6 is 0 Å². The van der Waals surface area contributed by atoms with Gasteiger partial charge in [0.25, 0.3) is 0 Å². The molecule has 1 spiro atoms. The fourth-order valence-corrected chi connectivity index (χ4v) is 13.7. The van der Waals surface area contributed by atoms with E-state index in [4.69, 9.17) is 37.9 Å². The molecule has 0 aromatic carbocycles. The molecule has 8 rings (SSSR count). The molecule has 0 bridgehead atoms. The van der Waals surface area contributed by atoms with E-state index in [2.05, 4.69) is 33.8 Å². The third kappa shape index (κ3) is 8.23. The number of hydrogen-bond acceptors (Lipinski definition) is 15. The second-order valence-electron chi connectivity index (χ2n) is 21.0. The molecule has 0 aromatic rings. The molecule has 7 fully saturated rings. The summed E-state index contributed by atoms with van der Waals surface area (Å²) in [6, 6.07) is 0. The minimum Gasteiger partial charge on any atom is -0.394 e. The lowest BCUT2D eigenvalue weighted by molar-refractivity contribution is -0.379. The summed E-state index contributed by atoms with van der Waals surface area (Å²) in [6.07, 6.45) is -6.21. The molecule has 0 radical (unpaired) electrons. The highest BCUT2D eigenvalue weighted by Crippen LogP contribution is 2.70. The molecular formula is C46H76O15. The summed E-state index contributed by atoms with van der Waals surface area (Å²) in [5, 5.41) is 74.6. The van der Waals surface area contributed by atoms with Crippen LogP contribution in [-0.4, -0.2) is 153 Å². The molecule has 15 heteroatoms. The molecule has 25 atom stereocenters. The van der Waals surface area contributed by atoms with Gasteiger partial charge in [0, 0.05) is 12.3 Å². The molecule has 8 aliphatic rings. The smallest absolute Gasteiger partial charge is 0.187 e. The molecule has 15 nitrogen and oxygen atoms in total. The van der Waals surface area contributed by atoms with Crippen LogP contribution in [0.15, 0.2) is 11.6 Å². The van der Waals surface area contributed by atoms with Crippen molar-refractivity contribution in [3.8, 4) is 0 Å². The molecule has 16 unspecified atom stereocenters. The van der Waals surface area contributed by atoms with Gasteiger partial charge in [-0.15, -0.1) is 0 Å². The van der Waals surface area contributed by atoms with Crippen LogP contribution in [0.1, 0.15) is 113 Å². The van der Waals surface area contributed by atoms with Gasteiger partial charge in [0.1, 0.15) is 48.8 Å². The Bertz CT molecular complexity index is 1540. The molecule has 350 valence electrons. The van der Waals surface area contributed by atoms with Gasteiger partial charge in [-0.3, -0.25) is 0 Å². The highest BCUT2D eigenvalue weighted by atomic mass is 16.8. The number of hydrogen-bond donors (Lipinski definition) is 7. The number of fused-ring (bicyclic) bond motifs is 7. The van der Waals surface area contributed by atoms with Crippen molar-refractivity contribution in [1.29, 1.82) is 0 Å². The fourth-order valence-electron chi connectivity index (χ4n) is 13.7. The lowest BCUT2D eigenvalue weighted by atomic mass is 9.47. The average molecular weight is 869 g/mol. The molecule has 4 heterocycles. The first-order valence-electron chi connectivity index (χ1n) is 23.4. The zero-order chi connectivity index (χ0) is 43.9.